The Morgan fingerprint density at radius 1 is 1.83 bits per heavy atom. The van der Waals surface area contributed by atoms with E-state index in [9.17, 15) is 4.79 Å². The SMILES string of the molecule is C=CC(=O)N1CCC[C@@H]1CC#N. The van der Waals surface area contributed by atoms with Crippen LogP contribution in [0.1, 0.15) is 19.3 Å². The molecular weight excluding hydrogens is 152 g/mol. The monoisotopic (exact) mass is 164 g/mol. The molecule has 12 heavy (non-hydrogen) atoms. The number of hydrogen-bond acceptors (Lipinski definition) is 2. The Kier molecular flexibility index (Phi) is 2.87. The molecule has 1 amide bonds. The van der Waals surface area contributed by atoms with E-state index in [4.69, 9.17) is 5.26 Å². The fourth-order valence-corrected chi connectivity index (χ4v) is 1.56. The summed E-state index contributed by atoms with van der Waals surface area (Å²) in [6.45, 7) is 4.20. The van der Waals surface area contributed by atoms with Crippen molar-refractivity contribution < 1.29 is 4.79 Å². The van der Waals surface area contributed by atoms with Gasteiger partial charge in [0, 0.05) is 12.6 Å². The lowest BCUT2D eigenvalue weighted by atomic mass is 10.1. The largest absolute Gasteiger partial charge is 0.335 e. The van der Waals surface area contributed by atoms with Crippen LogP contribution in [-0.2, 0) is 4.79 Å². The Morgan fingerprint density at radius 2 is 2.58 bits per heavy atom. The Hall–Kier alpha value is -1.30. The zero-order chi connectivity index (χ0) is 8.97. The van der Waals surface area contributed by atoms with Crippen molar-refractivity contribution in [3.05, 3.63) is 12.7 Å². The van der Waals surface area contributed by atoms with Crippen molar-refractivity contribution in [1.82, 2.24) is 4.90 Å². The smallest absolute Gasteiger partial charge is 0.246 e. The molecule has 0 aliphatic carbocycles. The first-order valence-corrected chi connectivity index (χ1v) is 4.09. The van der Waals surface area contributed by atoms with Crippen molar-refractivity contribution in [3.63, 3.8) is 0 Å². The maximum absolute atomic E-state index is 11.2. The minimum Gasteiger partial charge on any atom is -0.335 e. The van der Waals surface area contributed by atoms with Crippen LogP contribution < -0.4 is 0 Å². The highest BCUT2D eigenvalue weighted by Gasteiger charge is 2.26. The number of nitrogens with zero attached hydrogens (tertiary/aromatic N) is 2. The van der Waals surface area contributed by atoms with Gasteiger partial charge in [0.1, 0.15) is 0 Å². The van der Waals surface area contributed by atoms with Gasteiger partial charge in [0.2, 0.25) is 5.91 Å². The summed E-state index contributed by atoms with van der Waals surface area (Å²) in [6, 6.07) is 2.22. The van der Waals surface area contributed by atoms with Crippen molar-refractivity contribution in [2.24, 2.45) is 0 Å². The quantitative estimate of drug-likeness (QED) is 0.573. The van der Waals surface area contributed by atoms with E-state index < -0.39 is 0 Å². The second-order valence-corrected chi connectivity index (χ2v) is 2.89. The molecule has 0 spiro atoms. The van der Waals surface area contributed by atoms with E-state index in [0.29, 0.717) is 6.42 Å². The Morgan fingerprint density at radius 3 is 3.17 bits per heavy atom. The third-order valence-electron chi connectivity index (χ3n) is 2.16. The van der Waals surface area contributed by atoms with Crippen LogP contribution in [0.4, 0.5) is 0 Å². The van der Waals surface area contributed by atoms with Crippen molar-refractivity contribution >= 4 is 5.91 Å². The summed E-state index contributed by atoms with van der Waals surface area (Å²) in [5.41, 5.74) is 0. The Bertz CT molecular complexity index is 229. The lowest BCUT2D eigenvalue weighted by molar-refractivity contribution is -0.126. The molecule has 1 fully saturated rings. The van der Waals surface area contributed by atoms with Gasteiger partial charge in [-0.1, -0.05) is 6.58 Å². The van der Waals surface area contributed by atoms with E-state index in [1.807, 2.05) is 0 Å². The topological polar surface area (TPSA) is 44.1 Å². The molecule has 0 N–H and O–H groups in total. The summed E-state index contributed by atoms with van der Waals surface area (Å²) in [4.78, 5) is 12.9. The molecule has 0 unspecified atom stereocenters. The molecule has 0 aromatic heterocycles. The molecular formula is C9H12N2O. The first kappa shape index (κ1) is 8.79. The fraction of sp³-hybridized carbons (Fsp3) is 0.556. The number of amides is 1. The minimum absolute atomic E-state index is 0.0484. The van der Waals surface area contributed by atoms with Crippen LogP contribution in [-0.4, -0.2) is 23.4 Å². The average Bonchev–Trinajstić information content (AvgIpc) is 2.52. The van der Waals surface area contributed by atoms with Crippen LogP contribution in [0.15, 0.2) is 12.7 Å². The predicted molar refractivity (Wildman–Crippen MR) is 45.2 cm³/mol. The lowest BCUT2D eigenvalue weighted by Gasteiger charge is -2.20. The van der Waals surface area contributed by atoms with Crippen LogP contribution in [0.2, 0.25) is 0 Å². The molecule has 3 nitrogen and oxygen atoms in total. The summed E-state index contributed by atoms with van der Waals surface area (Å²) in [5.74, 6) is -0.0484. The molecule has 0 saturated carbocycles. The second-order valence-electron chi connectivity index (χ2n) is 2.89. The summed E-state index contributed by atoms with van der Waals surface area (Å²) in [5, 5.41) is 8.49. The van der Waals surface area contributed by atoms with Crippen LogP contribution >= 0.6 is 0 Å². The molecule has 3 heteroatoms. The molecule has 1 aliphatic rings. The zero-order valence-corrected chi connectivity index (χ0v) is 6.99. The van der Waals surface area contributed by atoms with E-state index >= 15 is 0 Å². The highest BCUT2D eigenvalue weighted by Crippen LogP contribution is 2.19. The van der Waals surface area contributed by atoms with Gasteiger partial charge in [-0.3, -0.25) is 4.79 Å². The van der Waals surface area contributed by atoms with Gasteiger partial charge < -0.3 is 4.90 Å². The summed E-state index contributed by atoms with van der Waals surface area (Å²) >= 11 is 0. The summed E-state index contributed by atoms with van der Waals surface area (Å²) < 4.78 is 0. The van der Waals surface area contributed by atoms with Crippen LogP contribution in [0.5, 0.6) is 0 Å². The van der Waals surface area contributed by atoms with Gasteiger partial charge in [0.05, 0.1) is 12.5 Å². The van der Waals surface area contributed by atoms with Gasteiger partial charge in [-0.2, -0.15) is 5.26 Å². The van der Waals surface area contributed by atoms with Gasteiger partial charge in [-0.15, -0.1) is 0 Å². The summed E-state index contributed by atoms with van der Waals surface area (Å²) in [6.07, 6.45) is 3.72. The van der Waals surface area contributed by atoms with Gasteiger partial charge >= 0.3 is 0 Å². The molecule has 1 aliphatic heterocycles. The van der Waals surface area contributed by atoms with Crippen molar-refractivity contribution in [2.45, 2.75) is 25.3 Å². The predicted octanol–water partition coefficient (Wildman–Crippen LogP) is 1.08. The summed E-state index contributed by atoms with van der Waals surface area (Å²) in [7, 11) is 0. The van der Waals surface area contributed by atoms with Crippen LogP contribution in [0.3, 0.4) is 0 Å². The number of nitriles is 1. The molecule has 1 atom stereocenters. The van der Waals surface area contributed by atoms with E-state index in [0.717, 1.165) is 19.4 Å². The fourth-order valence-electron chi connectivity index (χ4n) is 1.56. The number of rotatable bonds is 2. The molecule has 0 bridgehead atoms. The minimum atomic E-state index is -0.0484. The average molecular weight is 164 g/mol. The number of hydrogen-bond donors (Lipinski definition) is 0. The molecule has 1 saturated heterocycles. The standard InChI is InChI=1S/C9H12N2O/c1-2-9(12)11-7-3-4-8(11)5-6-10/h2,8H,1,3-5,7H2/t8-/m1/s1. The molecule has 0 aromatic rings. The molecule has 0 radical (unpaired) electrons. The lowest BCUT2D eigenvalue weighted by Crippen LogP contribution is -2.33. The van der Waals surface area contributed by atoms with Gasteiger partial charge in [-0.25, -0.2) is 0 Å². The maximum atomic E-state index is 11.2. The normalized spacial score (nSPS) is 21.9. The third kappa shape index (κ3) is 1.65. The molecule has 64 valence electrons. The number of carbonyl (C=O) groups excluding carboxylic acids is 1. The van der Waals surface area contributed by atoms with Gasteiger partial charge in [0.25, 0.3) is 0 Å². The first-order valence-electron chi connectivity index (χ1n) is 4.09. The third-order valence-corrected chi connectivity index (χ3v) is 2.16. The van der Waals surface area contributed by atoms with Crippen molar-refractivity contribution in [3.8, 4) is 6.07 Å². The first-order chi connectivity index (χ1) is 5.79. The van der Waals surface area contributed by atoms with Gasteiger partial charge in [0.15, 0.2) is 0 Å². The van der Waals surface area contributed by atoms with E-state index in [1.165, 1.54) is 6.08 Å². The van der Waals surface area contributed by atoms with Crippen LogP contribution in [0.25, 0.3) is 0 Å². The number of likely N-dealkylation sites (tertiary alicyclic amines) is 1. The highest BCUT2D eigenvalue weighted by atomic mass is 16.2. The van der Waals surface area contributed by atoms with E-state index in [2.05, 4.69) is 12.6 Å². The Labute approximate surface area is 72.3 Å². The second kappa shape index (κ2) is 3.91. The zero-order valence-electron chi connectivity index (χ0n) is 6.99. The molecule has 1 rings (SSSR count). The molecule has 0 aromatic carbocycles. The Balaban J connectivity index is 2.58. The maximum Gasteiger partial charge on any atom is 0.246 e. The van der Waals surface area contributed by atoms with Crippen LogP contribution in [0, 0.1) is 11.3 Å². The van der Waals surface area contributed by atoms with Crippen molar-refractivity contribution in [2.75, 3.05) is 6.54 Å². The highest BCUT2D eigenvalue weighted by molar-refractivity contribution is 5.87. The van der Waals surface area contributed by atoms with E-state index in [1.54, 1.807) is 4.90 Å². The van der Waals surface area contributed by atoms with Crippen molar-refractivity contribution in [1.29, 1.82) is 5.26 Å². The van der Waals surface area contributed by atoms with E-state index in [-0.39, 0.29) is 11.9 Å². The molecule has 1 heterocycles. The van der Waals surface area contributed by atoms with Gasteiger partial charge in [-0.05, 0) is 18.9 Å². The number of carbonyl (C=O) groups is 1.